The summed E-state index contributed by atoms with van der Waals surface area (Å²) in [4.78, 5) is 44.7. The number of fused-ring (bicyclic) bond motifs is 1. The van der Waals surface area contributed by atoms with Crippen molar-refractivity contribution in [3.63, 3.8) is 0 Å². The first-order valence-corrected chi connectivity index (χ1v) is 18.0. The van der Waals surface area contributed by atoms with Crippen LogP contribution in [0.25, 0.3) is 0 Å². The fourth-order valence-corrected chi connectivity index (χ4v) is 8.21. The van der Waals surface area contributed by atoms with Gasteiger partial charge in [-0.3, -0.25) is 14.5 Å². The van der Waals surface area contributed by atoms with Crippen molar-refractivity contribution in [3.8, 4) is 0 Å². The number of likely N-dealkylation sites (N-methyl/N-ethyl adjacent to an activating group) is 1. The van der Waals surface area contributed by atoms with E-state index in [1.54, 1.807) is 21.0 Å². The van der Waals surface area contributed by atoms with Gasteiger partial charge in [0.2, 0.25) is 0 Å². The molecule has 14 nitrogen and oxygen atoms in total. The number of methoxy groups -OCH3 is 1. The second-order valence-electron chi connectivity index (χ2n) is 15.3. The fraction of sp³-hybridized carbons (Fsp3) is 0.914. The Bertz CT molecular complexity index is 1140. The standard InChI is InChI=1S/C35H62N4O10/c1-11-26-35(7)29(37-33(43)49-35)23(5)36-18-20(2)17-34(6,44-10)30(21(3)27(40)22(4)31(42)47-26)48-32-28(41)25(38(8)9)16-24(46-32)19-39-12-14-45-15-13-39/h20-26,28-30,32,36,41H,11-19H2,1-10H3,(H,37,43)/t20-,21+,22?,23-,24?,25?,26-,28?,29-,30-,32?,34-,35-/m1/s1. The molecule has 282 valence electrons. The number of hydrogen-bond donors (Lipinski definition) is 3. The molecule has 0 radical (unpaired) electrons. The van der Waals surface area contributed by atoms with Gasteiger partial charge in [-0.25, -0.2) is 4.79 Å². The molecule has 4 aliphatic rings. The van der Waals surface area contributed by atoms with Gasteiger partial charge in [0.15, 0.2) is 17.7 Å². The van der Waals surface area contributed by atoms with Gasteiger partial charge in [-0.15, -0.1) is 0 Å². The lowest BCUT2D eigenvalue weighted by Gasteiger charge is -2.47. The molecule has 4 heterocycles. The highest BCUT2D eigenvalue weighted by atomic mass is 16.7. The first-order chi connectivity index (χ1) is 23.0. The number of aliphatic hydroxyl groups excluding tert-OH is 1. The van der Waals surface area contributed by atoms with Crippen LogP contribution in [0.3, 0.4) is 0 Å². The zero-order valence-corrected chi connectivity index (χ0v) is 31.2. The lowest BCUT2D eigenvalue weighted by Crippen LogP contribution is -2.60. The predicted molar refractivity (Wildman–Crippen MR) is 181 cm³/mol. The topological polar surface area (TPSA) is 157 Å². The summed E-state index contributed by atoms with van der Waals surface area (Å²) in [6, 6.07) is -0.988. The maximum atomic E-state index is 14.2. The minimum absolute atomic E-state index is 0.0216. The van der Waals surface area contributed by atoms with E-state index in [0.717, 1.165) is 13.1 Å². The molecule has 13 atom stereocenters. The lowest BCUT2D eigenvalue weighted by molar-refractivity contribution is -0.299. The molecule has 0 bridgehead atoms. The molecule has 0 aromatic heterocycles. The Morgan fingerprint density at radius 1 is 1.08 bits per heavy atom. The van der Waals surface area contributed by atoms with Crippen LogP contribution in [0.4, 0.5) is 4.79 Å². The number of ether oxygens (including phenoxy) is 6. The van der Waals surface area contributed by atoms with Crippen molar-refractivity contribution in [3.05, 3.63) is 0 Å². The van der Waals surface area contributed by atoms with E-state index >= 15 is 0 Å². The van der Waals surface area contributed by atoms with Gasteiger partial charge in [0, 0.05) is 44.7 Å². The monoisotopic (exact) mass is 698 g/mol. The number of nitrogens with zero attached hydrogens (tertiary/aromatic N) is 2. The van der Waals surface area contributed by atoms with Gasteiger partial charge in [-0.2, -0.15) is 0 Å². The number of nitrogens with one attached hydrogen (secondary N) is 2. The van der Waals surface area contributed by atoms with E-state index < -0.39 is 65.7 Å². The van der Waals surface area contributed by atoms with Crippen molar-refractivity contribution >= 4 is 17.8 Å². The van der Waals surface area contributed by atoms with Crippen LogP contribution in [0.2, 0.25) is 0 Å². The minimum atomic E-state index is -1.16. The molecule has 0 aliphatic carbocycles. The zero-order valence-electron chi connectivity index (χ0n) is 31.2. The van der Waals surface area contributed by atoms with Crippen molar-refractivity contribution in [2.45, 2.75) is 128 Å². The van der Waals surface area contributed by atoms with E-state index in [-0.39, 0.29) is 29.9 Å². The minimum Gasteiger partial charge on any atom is -0.458 e. The smallest absolute Gasteiger partial charge is 0.408 e. The molecule has 0 aromatic rings. The Morgan fingerprint density at radius 3 is 2.37 bits per heavy atom. The summed E-state index contributed by atoms with van der Waals surface area (Å²) in [5, 5.41) is 18.1. The quantitative estimate of drug-likeness (QED) is 0.260. The van der Waals surface area contributed by atoms with Gasteiger partial charge in [0.05, 0.1) is 37.1 Å². The number of Topliss-reactive ketones (excluding diaryl/α,β-unsaturated/α-hetero) is 1. The predicted octanol–water partition coefficient (Wildman–Crippen LogP) is 1.56. The molecule has 0 saturated carbocycles. The summed E-state index contributed by atoms with van der Waals surface area (Å²) in [6.45, 7) is 17.0. The van der Waals surface area contributed by atoms with E-state index in [1.165, 1.54) is 6.92 Å². The van der Waals surface area contributed by atoms with Crippen molar-refractivity contribution < 1.29 is 47.9 Å². The molecule has 5 unspecified atom stereocenters. The molecule has 3 N–H and O–H groups in total. The van der Waals surface area contributed by atoms with Crippen LogP contribution in [0, 0.1) is 17.8 Å². The number of carbonyl (C=O) groups excluding carboxylic acids is 3. The van der Waals surface area contributed by atoms with Crippen molar-refractivity contribution in [1.82, 2.24) is 20.4 Å². The maximum absolute atomic E-state index is 14.2. The van der Waals surface area contributed by atoms with Crippen LogP contribution in [-0.4, -0.2) is 153 Å². The maximum Gasteiger partial charge on any atom is 0.408 e. The number of amides is 1. The van der Waals surface area contributed by atoms with Gasteiger partial charge in [-0.05, 0) is 73.5 Å². The first-order valence-electron chi connectivity index (χ1n) is 18.0. The Kier molecular flexibility index (Phi) is 13.5. The molecule has 14 heteroatoms. The number of alkyl carbamates (subject to hydrolysis) is 1. The molecule has 0 aromatic carbocycles. The van der Waals surface area contributed by atoms with Crippen molar-refractivity contribution in [1.29, 1.82) is 0 Å². The number of carbonyl (C=O) groups is 3. The third kappa shape index (κ3) is 8.94. The molecule has 4 rings (SSSR count). The van der Waals surface area contributed by atoms with E-state index in [9.17, 15) is 19.5 Å². The summed E-state index contributed by atoms with van der Waals surface area (Å²) in [6.07, 6.45) is -3.09. The molecule has 4 saturated heterocycles. The third-order valence-corrected chi connectivity index (χ3v) is 11.3. The first kappa shape index (κ1) is 39.9. The van der Waals surface area contributed by atoms with E-state index in [4.69, 9.17) is 28.4 Å². The van der Waals surface area contributed by atoms with Crippen LogP contribution >= 0.6 is 0 Å². The largest absolute Gasteiger partial charge is 0.458 e. The Labute approximate surface area is 292 Å². The van der Waals surface area contributed by atoms with Crippen LogP contribution in [0.5, 0.6) is 0 Å². The van der Waals surface area contributed by atoms with Crippen LogP contribution in [0.1, 0.15) is 67.7 Å². The highest BCUT2D eigenvalue weighted by Crippen LogP contribution is 2.38. The van der Waals surface area contributed by atoms with Crippen LogP contribution in [-0.2, 0) is 38.0 Å². The number of aliphatic hydroxyl groups is 1. The van der Waals surface area contributed by atoms with Gasteiger partial charge in [0.1, 0.15) is 18.1 Å². The van der Waals surface area contributed by atoms with Gasteiger partial charge < -0.3 is 49.1 Å². The Hall–Kier alpha value is -1.91. The highest BCUT2D eigenvalue weighted by Gasteiger charge is 2.55. The Morgan fingerprint density at radius 2 is 1.76 bits per heavy atom. The molecule has 4 fully saturated rings. The van der Waals surface area contributed by atoms with Crippen LogP contribution in [0.15, 0.2) is 0 Å². The molecule has 49 heavy (non-hydrogen) atoms. The number of esters is 1. The molecular weight excluding hydrogens is 636 g/mol. The highest BCUT2D eigenvalue weighted by molar-refractivity contribution is 6.00. The molecular formula is C35H62N4O10. The molecule has 4 aliphatic heterocycles. The fourth-order valence-electron chi connectivity index (χ4n) is 8.21. The summed E-state index contributed by atoms with van der Waals surface area (Å²) in [5.74, 6) is -3.07. The number of rotatable bonds is 7. The average molecular weight is 699 g/mol. The second-order valence-corrected chi connectivity index (χ2v) is 15.3. The summed E-state index contributed by atoms with van der Waals surface area (Å²) in [7, 11) is 5.44. The summed E-state index contributed by atoms with van der Waals surface area (Å²) >= 11 is 0. The van der Waals surface area contributed by atoms with E-state index in [1.807, 2.05) is 39.8 Å². The van der Waals surface area contributed by atoms with Gasteiger partial charge in [0.25, 0.3) is 0 Å². The lowest BCUT2D eigenvalue weighted by atomic mass is 9.78. The number of ketones is 1. The number of cyclic esters (lactones) is 1. The second kappa shape index (κ2) is 16.6. The number of hydrogen-bond acceptors (Lipinski definition) is 13. The summed E-state index contributed by atoms with van der Waals surface area (Å²) in [5.41, 5.74) is -2.18. The third-order valence-electron chi connectivity index (χ3n) is 11.3. The molecule has 0 spiro atoms. The van der Waals surface area contributed by atoms with E-state index in [0.29, 0.717) is 45.6 Å². The van der Waals surface area contributed by atoms with E-state index in [2.05, 4.69) is 22.5 Å². The number of morpholine rings is 1. The van der Waals surface area contributed by atoms with Gasteiger partial charge in [-0.1, -0.05) is 20.8 Å². The van der Waals surface area contributed by atoms with Gasteiger partial charge >= 0.3 is 12.1 Å². The molecule has 1 amide bonds. The zero-order chi connectivity index (χ0) is 36.3. The SMILES string of the molecule is CC[C@H]1OC(=O)C(C)C(=O)[C@H](C)[C@@H](OC2OC(CN3CCOCC3)CC(N(C)C)C2O)[C@](C)(OC)C[C@@H](C)CN[C@H](C)[C@H]2NC(=O)O[C@@]21C. The summed E-state index contributed by atoms with van der Waals surface area (Å²) < 4.78 is 36.8. The average Bonchev–Trinajstić information content (AvgIpc) is 3.38. The van der Waals surface area contributed by atoms with Crippen molar-refractivity contribution in [2.24, 2.45) is 17.8 Å². The normalized spacial score (nSPS) is 43.6. The van der Waals surface area contributed by atoms with Crippen molar-refractivity contribution in [2.75, 3.05) is 60.6 Å². The van der Waals surface area contributed by atoms with Crippen LogP contribution < -0.4 is 10.6 Å². The Balaban J connectivity index is 1.67.